The smallest absolute Gasteiger partial charge is 0.335 e. The van der Waals surface area contributed by atoms with Crippen LogP contribution in [-0.4, -0.2) is 40.2 Å². The molecule has 1 fully saturated rings. The van der Waals surface area contributed by atoms with Crippen molar-refractivity contribution >= 4 is 28.8 Å². The molecule has 1 heterocycles. The predicted molar refractivity (Wildman–Crippen MR) is 164 cm³/mol. The summed E-state index contributed by atoms with van der Waals surface area (Å²) in [5.41, 5.74) is 6.77. The van der Waals surface area contributed by atoms with E-state index >= 15 is 4.39 Å². The van der Waals surface area contributed by atoms with Gasteiger partial charge in [0.1, 0.15) is 11.4 Å². The molecular formula is C33H39F2N3O4. The van der Waals surface area contributed by atoms with E-state index in [0.717, 1.165) is 6.21 Å². The van der Waals surface area contributed by atoms with E-state index in [9.17, 15) is 19.4 Å². The van der Waals surface area contributed by atoms with Crippen molar-refractivity contribution in [2.24, 2.45) is 0 Å². The highest BCUT2D eigenvalue weighted by Crippen LogP contribution is 2.50. The second-order valence-electron chi connectivity index (χ2n) is 9.65. The van der Waals surface area contributed by atoms with Gasteiger partial charge in [-0.3, -0.25) is 0 Å². The number of methoxy groups -OCH3 is 1. The Morgan fingerprint density at radius 1 is 1.12 bits per heavy atom. The van der Waals surface area contributed by atoms with Crippen molar-refractivity contribution in [3.05, 3.63) is 82.5 Å². The van der Waals surface area contributed by atoms with Gasteiger partial charge in [-0.25, -0.2) is 13.6 Å². The van der Waals surface area contributed by atoms with Gasteiger partial charge in [0.15, 0.2) is 5.82 Å². The number of aryl methyl sites for hydroxylation is 1. The Balaban J connectivity index is 0.00000116. The number of hydrogen-bond donors (Lipinski definition) is 4. The molecule has 0 aliphatic heterocycles. The van der Waals surface area contributed by atoms with Gasteiger partial charge in [-0.15, -0.1) is 0 Å². The third-order valence-corrected chi connectivity index (χ3v) is 7.49. The fourth-order valence-electron chi connectivity index (χ4n) is 5.60. The normalized spacial score (nSPS) is 17.7. The van der Waals surface area contributed by atoms with Crippen molar-refractivity contribution in [1.29, 1.82) is 5.41 Å². The lowest BCUT2D eigenvalue weighted by molar-refractivity contribution is -0.0806. The lowest BCUT2D eigenvalue weighted by atomic mass is 9.88. The number of nitrogen functional groups attached to an aromatic ring is 1. The molecule has 4 aromatic rings. The molecule has 9 heteroatoms. The summed E-state index contributed by atoms with van der Waals surface area (Å²) in [4.78, 5) is 11.5. The summed E-state index contributed by atoms with van der Waals surface area (Å²) in [6, 6.07) is 12.0. The summed E-state index contributed by atoms with van der Waals surface area (Å²) in [6.07, 6.45) is 1.86. The zero-order valence-electron chi connectivity index (χ0n) is 24.9. The maximum atomic E-state index is 16.1. The Morgan fingerprint density at radius 2 is 1.76 bits per heavy atom. The molecule has 2 atom stereocenters. The topological polar surface area (TPSA) is 122 Å². The molecule has 1 aliphatic rings. The minimum atomic E-state index is -1.57. The summed E-state index contributed by atoms with van der Waals surface area (Å²) in [5.74, 6) is -2.30. The Bertz CT molecular complexity index is 1600. The van der Waals surface area contributed by atoms with Gasteiger partial charge < -0.3 is 30.7 Å². The van der Waals surface area contributed by atoms with Crippen LogP contribution in [0.25, 0.3) is 27.7 Å². The van der Waals surface area contributed by atoms with Crippen LogP contribution in [0.5, 0.6) is 0 Å². The number of nitrogens with one attached hydrogen (secondary N) is 1. The van der Waals surface area contributed by atoms with Crippen LogP contribution >= 0.6 is 0 Å². The standard InChI is InChI=1S/C29H27F2N3O4.2C2H6/c1-15-12-19(9-10-20(15)30)34-21-13-18(14-32)26(33)25(31)24(21)23(16-5-7-17(8-6-16)28(35)36)27(34)29(37)11-3-4-22(29)38-2;2*1-2/h5-10,12-14,22,32,37H,3-4,11,33H2,1-2H3,(H,35,36);2*1-2H3. The number of carboxylic acids is 1. The van der Waals surface area contributed by atoms with Gasteiger partial charge in [0.05, 0.1) is 28.6 Å². The van der Waals surface area contributed by atoms with Gasteiger partial charge in [0.2, 0.25) is 0 Å². The first-order valence-electron chi connectivity index (χ1n) is 14.1. The van der Waals surface area contributed by atoms with Crippen LogP contribution in [0, 0.1) is 24.0 Å². The van der Waals surface area contributed by atoms with E-state index in [0.29, 0.717) is 52.9 Å². The van der Waals surface area contributed by atoms with E-state index in [4.69, 9.17) is 15.9 Å². The van der Waals surface area contributed by atoms with E-state index in [2.05, 4.69) is 0 Å². The zero-order chi connectivity index (χ0) is 31.4. The first kappa shape index (κ1) is 32.4. The summed E-state index contributed by atoms with van der Waals surface area (Å²) in [6.45, 7) is 9.61. The number of hydrogen-bond acceptors (Lipinski definition) is 5. The van der Waals surface area contributed by atoms with E-state index in [1.165, 1.54) is 25.3 Å². The van der Waals surface area contributed by atoms with Gasteiger partial charge in [-0.05, 0) is 73.7 Å². The molecule has 7 nitrogen and oxygen atoms in total. The van der Waals surface area contributed by atoms with Gasteiger partial charge in [-0.1, -0.05) is 39.8 Å². The molecule has 1 aromatic heterocycles. The zero-order valence-corrected chi connectivity index (χ0v) is 24.9. The molecular weight excluding hydrogens is 540 g/mol. The maximum absolute atomic E-state index is 16.1. The summed E-state index contributed by atoms with van der Waals surface area (Å²) >= 11 is 0. The molecule has 1 aliphatic carbocycles. The molecule has 0 bridgehead atoms. The van der Waals surface area contributed by atoms with Crippen LogP contribution in [0.2, 0.25) is 0 Å². The molecule has 5 N–H and O–H groups in total. The largest absolute Gasteiger partial charge is 0.478 e. The van der Waals surface area contributed by atoms with Gasteiger partial charge in [-0.2, -0.15) is 0 Å². The second kappa shape index (κ2) is 13.3. The van der Waals surface area contributed by atoms with Crippen molar-refractivity contribution in [2.75, 3.05) is 12.8 Å². The molecule has 224 valence electrons. The summed E-state index contributed by atoms with van der Waals surface area (Å²) in [5, 5.41) is 29.5. The number of rotatable bonds is 6. The van der Waals surface area contributed by atoms with Crippen LogP contribution in [0.4, 0.5) is 14.5 Å². The highest BCUT2D eigenvalue weighted by atomic mass is 19.1. The van der Waals surface area contributed by atoms with Gasteiger partial charge in [0.25, 0.3) is 0 Å². The number of benzene rings is 3. The van der Waals surface area contributed by atoms with Crippen LogP contribution in [0.1, 0.15) is 74.1 Å². The average molecular weight is 580 g/mol. The number of carbonyl (C=O) groups is 1. The first-order chi connectivity index (χ1) is 20.1. The van der Waals surface area contributed by atoms with E-state index in [1.807, 2.05) is 27.7 Å². The molecule has 0 spiro atoms. The van der Waals surface area contributed by atoms with E-state index in [1.54, 1.807) is 41.8 Å². The van der Waals surface area contributed by atoms with Gasteiger partial charge in [0, 0.05) is 35.5 Å². The number of anilines is 1. The fourth-order valence-corrected chi connectivity index (χ4v) is 5.60. The van der Waals surface area contributed by atoms with Crippen molar-refractivity contribution in [1.82, 2.24) is 4.57 Å². The highest BCUT2D eigenvalue weighted by Gasteiger charge is 2.48. The Morgan fingerprint density at radius 3 is 2.31 bits per heavy atom. The van der Waals surface area contributed by atoms with Crippen molar-refractivity contribution in [3.63, 3.8) is 0 Å². The van der Waals surface area contributed by atoms with Gasteiger partial charge >= 0.3 is 5.97 Å². The lowest BCUT2D eigenvalue weighted by Crippen LogP contribution is -2.38. The third-order valence-electron chi connectivity index (χ3n) is 7.49. The van der Waals surface area contributed by atoms with E-state index in [-0.39, 0.29) is 22.2 Å². The minimum Gasteiger partial charge on any atom is -0.478 e. The number of aromatic carboxylic acids is 1. The Hall–Kier alpha value is -4.08. The number of carboxylic acid groups (broad SMARTS) is 1. The van der Waals surface area contributed by atoms with Crippen LogP contribution < -0.4 is 5.73 Å². The molecule has 42 heavy (non-hydrogen) atoms. The summed E-state index contributed by atoms with van der Waals surface area (Å²) < 4.78 is 37.8. The maximum Gasteiger partial charge on any atom is 0.335 e. The number of halogens is 2. The number of aromatic nitrogens is 1. The number of aliphatic hydroxyl groups is 1. The molecule has 3 aromatic carbocycles. The first-order valence-corrected chi connectivity index (χ1v) is 14.1. The Labute approximate surface area is 245 Å². The highest BCUT2D eigenvalue weighted by molar-refractivity contribution is 6.05. The minimum absolute atomic E-state index is 0.0496. The Kier molecular flexibility index (Phi) is 10.2. The number of nitrogens with two attached hydrogens (primary N) is 1. The van der Waals surface area contributed by atoms with Crippen LogP contribution in [-0.2, 0) is 10.3 Å². The quantitative estimate of drug-likeness (QED) is 0.138. The second-order valence-corrected chi connectivity index (χ2v) is 9.65. The average Bonchev–Trinajstić information content (AvgIpc) is 3.57. The fraction of sp³-hybridized carbons (Fsp3) is 0.333. The molecule has 1 saturated carbocycles. The molecule has 0 amide bonds. The molecule has 2 unspecified atom stereocenters. The van der Waals surface area contributed by atoms with Crippen molar-refractivity contribution in [2.45, 2.75) is 65.6 Å². The number of nitrogens with zero attached hydrogens (tertiary/aromatic N) is 1. The molecule has 0 radical (unpaired) electrons. The number of ether oxygens (including phenoxy) is 1. The van der Waals surface area contributed by atoms with Crippen LogP contribution in [0.3, 0.4) is 0 Å². The van der Waals surface area contributed by atoms with E-state index < -0.39 is 29.3 Å². The van der Waals surface area contributed by atoms with Crippen molar-refractivity contribution < 1.29 is 28.5 Å². The SMILES string of the molecule is CC.CC.COC1CCCC1(O)c1c(-c2ccc(C(=O)O)cc2)c2c(F)c(N)c(C=N)cc2n1-c1ccc(F)c(C)c1. The number of fused-ring (bicyclic) bond motifs is 1. The molecule has 5 rings (SSSR count). The lowest BCUT2D eigenvalue weighted by Gasteiger charge is -2.32. The summed E-state index contributed by atoms with van der Waals surface area (Å²) in [7, 11) is 1.50. The van der Waals surface area contributed by atoms with Crippen LogP contribution in [0.15, 0.2) is 48.5 Å². The predicted octanol–water partition coefficient (Wildman–Crippen LogP) is 7.60. The molecule has 0 saturated heterocycles. The third kappa shape index (κ3) is 5.42. The monoisotopic (exact) mass is 579 g/mol. The van der Waals surface area contributed by atoms with Crippen molar-refractivity contribution in [3.8, 4) is 16.8 Å².